The lowest BCUT2D eigenvalue weighted by Gasteiger charge is -2.20. The third-order valence-electron chi connectivity index (χ3n) is 3.65. The number of alkyl halides is 1. The van der Waals surface area contributed by atoms with Crippen LogP contribution >= 0.6 is 27.5 Å². The highest BCUT2D eigenvalue weighted by Crippen LogP contribution is 2.42. The van der Waals surface area contributed by atoms with Crippen LogP contribution < -0.4 is 4.74 Å². The molecule has 0 fully saturated rings. The molecule has 0 heterocycles. The van der Waals surface area contributed by atoms with Gasteiger partial charge in [-0.25, -0.2) is 4.39 Å². The maximum absolute atomic E-state index is 13.8. The fourth-order valence-electron chi connectivity index (χ4n) is 2.38. The molecule has 21 heavy (non-hydrogen) atoms. The van der Waals surface area contributed by atoms with E-state index in [1.807, 2.05) is 26.0 Å². The van der Waals surface area contributed by atoms with E-state index >= 15 is 0 Å². The zero-order chi connectivity index (χ0) is 15.7. The molecule has 4 heteroatoms. The fraction of sp³-hybridized carbons (Fsp3) is 0.294. The van der Waals surface area contributed by atoms with Gasteiger partial charge < -0.3 is 4.74 Å². The summed E-state index contributed by atoms with van der Waals surface area (Å²) in [5, 5.41) is -0.466. The van der Waals surface area contributed by atoms with Crippen LogP contribution in [-0.2, 0) is 0 Å². The van der Waals surface area contributed by atoms with Crippen molar-refractivity contribution in [2.24, 2.45) is 0 Å². The van der Waals surface area contributed by atoms with Crippen molar-refractivity contribution in [2.75, 3.05) is 7.11 Å². The number of hydrogen-bond donors (Lipinski definition) is 0. The third kappa shape index (κ3) is 3.09. The van der Waals surface area contributed by atoms with Crippen molar-refractivity contribution >= 4 is 27.5 Å². The third-order valence-corrected chi connectivity index (χ3v) is 4.95. The van der Waals surface area contributed by atoms with Gasteiger partial charge in [-0.2, -0.15) is 0 Å². The zero-order valence-corrected chi connectivity index (χ0v) is 14.8. The molecule has 1 nitrogen and oxygen atoms in total. The van der Waals surface area contributed by atoms with Crippen molar-refractivity contribution in [3.05, 3.63) is 62.4 Å². The Kier molecular flexibility index (Phi) is 4.95. The normalized spacial score (nSPS) is 12.3. The lowest BCUT2D eigenvalue weighted by molar-refractivity contribution is 0.406. The Hall–Kier alpha value is -1.06. The molecule has 0 saturated heterocycles. The predicted molar refractivity (Wildman–Crippen MR) is 89.0 cm³/mol. The quantitative estimate of drug-likeness (QED) is 0.615. The van der Waals surface area contributed by atoms with Crippen molar-refractivity contribution in [2.45, 2.75) is 26.1 Å². The van der Waals surface area contributed by atoms with Crippen molar-refractivity contribution in [1.82, 2.24) is 0 Å². The molecule has 2 rings (SSSR count). The highest BCUT2D eigenvalue weighted by Gasteiger charge is 2.22. The van der Waals surface area contributed by atoms with Crippen LogP contribution in [0.5, 0.6) is 5.75 Å². The Balaban J connectivity index is 2.62. The first kappa shape index (κ1) is 16.3. The molecular formula is C17H17BrClFO. The number of aryl methyl sites for hydroxylation is 2. The van der Waals surface area contributed by atoms with E-state index < -0.39 is 5.38 Å². The Morgan fingerprint density at radius 3 is 2.38 bits per heavy atom. The molecule has 0 bridgehead atoms. The minimum atomic E-state index is -0.466. The van der Waals surface area contributed by atoms with E-state index in [0.29, 0.717) is 5.56 Å². The molecule has 0 aliphatic rings. The van der Waals surface area contributed by atoms with Crippen molar-refractivity contribution < 1.29 is 9.13 Å². The van der Waals surface area contributed by atoms with E-state index in [-0.39, 0.29) is 5.82 Å². The summed E-state index contributed by atoms with van der Waals surface area (Å²) in [4.78, 5) is 0. The predicted octanol–water partition coefficient (Wildman–Crippen LogP) is 5.85. The summed E-state index contributed by atoms with van der Waals surface area (Å²) in [6.45, 7) is 5.67. The van der Waals surface area contributed by atoms with E-state index in [1.165, 1.54) is 6.07 Å². The SMILES string of the molecule is COc1c(C)cc(Br)c(C)c1C(Cl)c1ccc(C)c(F)c1. The maximum Gasteiger partial charge on any atom is 0.127 e. The van der Waals surface area contributed by atoms with E-state index in [2.05, 4.69) is 15.9 Å². The summed E-state index contributed by atoms with van der Waals surface area (Å²) in [6.07, 6.45) is 0. The van der Waals surface area contributed by atoms with Crippen molar-refractivity contribution in [3.8, 4) is 5.75 Å². The van der Waals surface area contributed by atoms with Crippen molar-refractivity contribution in [1.29, 1.82) is 0 Å². The molecule has 0 aliphatic carbocycles. The summed E-state index contributed by atoms with van der Waals surface area (Å²) in [5.41, 5.74) is 4.19. The minimum absolute atomic E-state index is 0.249. The summed E-state index contributed by atoms with van der Waals surface area (Å²) in [6, 6.07) is 7.08. The number of halogens is 3. The van der Waals surface area contributed by atoms with Crippen LogP contribution in [0.3, 0.4) is 0 Å². The molecule has 112 valence electrons. The lowest BCUT2D eigenvalue weighted by atomic mass is 9.96. The first-order valence-corrected chi connectivity index (χ1v) is 7.83. The molecule has 1 unspecified atom stereocenters. The van der Waals surface area contributed by atoms with Crippen LogP contribution in [0.2, 0.25) is 0 Å². The van der Waals surface area contributed by atoms with Gasteiger partial charge in [0, 0.05) is 10.0 Å². The first-order chi connectivity index (χ1) is 9.86. The van der Waals surface area contributed by atoms with Crippen molar-refractivity contribution in [3.63, 3.8) is 0 Å². The molecule has 0 aliphatic heterocycles. The summed E-state index contributed by atoms with van der Waals surface area (Å²) in [7, 11) is 1.62. The molecule has 2 aromatic carbocycles. The molecule has 1 atom stereocenters. The van der Waals surface area contributed by atoms with E-state index in [0.717, 1.165) is 32.5 Å². The fourth-order valence-corrected chi connectivity index (χ4v) is 3.34. The summed E-state index contributed by atoms with van der Waals surface area (Å²) < 4.78 is 20.3. The van der Waals surface area contributed by atoms with Gasteiger partial charge in [-0.1, -0.05) is 28.1 Å². The number of ether oxygens (including phenoxy) is 1. The highest BCUT2D eigenvalue weighted by molar-refractivity contribution is 9.10. The van der Waals surface area contributed by atoms with Gasteiger partial charge >= 0.3 is 0 Å². The molecule has 0 radical (unpaired) electrons. The van der Waals surface area contributed by atoms with Crippen LogP contribution in [0.1, 0.15) is 33.2 Å². The van der Waals surface area contributed by atoms with Gasteiger partial charge in [0.05, 0.1) is 12.5 Å². The minimum Gasteiger partial charge on any atom is -0.496 e. The van der Waals surface area contributed by atoms with Crippen LogP contribution in [0, 0.1) is 26.6 Å². The van der Waals surface area contributed by atoms with Gasteiger partial charge in [0.15, 0.2) is 0 Å². The standard InChI is InChI=1S/C17H17BrClFO/c1-9-5-6-12(8-14(9)20)16(19)15-11(3)13(18)7-10(2)17(15)21-4/h5-8,16H,1-4H3. The van der Waals surface area contributed by atoms with E-state index in [9.17, 15) is 4.39 Å². The number of rotatable bonds is 3. The molecule has 0 spiro atoms. The second-order valence-corrected chi connectivity index (χ2v) is 6.41. The van der Waals surface area contributed by atoms with Gasteiger partial charge in [-0.05, 0) is 55.2 Å². The Labute approximate surface area is 138 Å². The van der Waals surface area contributed by atoms with Crippen LogP contribution in [0.15, 0.2) is 28.7 Å². The Morgan fingerprint density at radius 1 is 1.14 bits per heavy atom. The highest BCUT2D eigenvalue weighted by atomic mass is 79.9. The molecule has 0 amide bonds. The van der Waals surface area contributed by atoms with Gasteiger partial charge in [0.1, 0.15) is 11.6 Å². The average Bonchev–Trinajstić information content (AvgIpc) is 2.44. The summed E-state index contributed by atoms with van der Waals surface area (Å²) >= 11 is 10.2. The van der Waals surface area contributed by atoms with Gasteiger partial charge in [0.25, 0.3) is 0 Å². The van der Waals surface area contributed by atoms with Crippen LogP contribution in [0.25, 0.3) is 0 Å². The number of methoxy groups -OCH3 is 1. The lowest BCUT2D eigenvalue weighted by Crippen LogP contribution is -2.03. The second-order valence-electron chi connectivity index (χ2n) is 5.12. The second kappa shape index (κ2) is 6.37. The van der Waals surface area contributed by atoms with Gasteiger partial charge in [0.2, 0.25) is 0 Å². The monoisotopic (exact) mass is 370 g/mol. The van der Waals surface area contributed by atoms with Crippen LogP contribution in [0.4, 0.5) is 4.39 Å². The topological polar surface area (TPSA) is 9.23 Å². The van der Waals surface area contributed by atoms with E-state index in [1.54, 1.807) is 20.1 Å². The van der Waals surface area contributed by atoms with Gasteiger partial charge in [-0.15, -0.1) is 11.6 Å². The first-order valence-electron chi connectivity index (χ1n) is 6.60. The summed E-state index contributed by atoms with van der Waals surface area (Å²) in [5.74, 6) is 0.498. The van der Waals surface area contributed by atoms with E-state index in [4.69, 9.17) is 16.3 Å². The molecular weight excluding hydrogens is 355 g/mol. The largest absolute Gasteiger partial charge is 0.496 e. The Morgan fingerprint density at radius 2 is 1.81 bits per heavy atom. The molecule has 0 aromatic heterocycles. The number of hydrogen-bond acceptors (Lipinski definition) is 1. The molecule has 0 saturated carbocycles. The average molecular weight is 372 g/mol. The van der Waals surface area contributed by atoms with Crippen LogP contribution in [-0.4, -0.2) is 7.11 Å². The van der Waals surface area contributed by atoms with Gasteiger partial charge in [-0.3, -0.25) is 0 Å². The number of benzene rings is 2. The molecule has 2 aromatic rings. The zero-order valence-electron chi connectivity index (χ0n) is 12.4. The Bertz CT molecular complexity index is 685. The molecule has 0 N–H and O–H groups in total. The maximum atomic E-state index is 13.8. The smallest absolute Gasteiger partial charge is 0.127 e.